The molecule has 0 N–H and O–H groups in total. The summed E-state index contributed by atoms with van der Waals surface area (Å²) in [6.45, 7) is 10.6. The Morgan fingerprint density at radius 3 is 2.71 bits per heavy atom. The van der Waals surface area contributed by atoms with Gasteiger partial charge in [-0.1, -0.05) is 38.7 Å². The predicted octanol–water partition coefficient (Wildman–Crippen LogP) is 4.41. The molecule has 1 rings (SSSR count). The van der Waals surface area contributed by atoms with Crippen molar-refractivity contribution in [3.8, 4) is 0 Å². The molecule has 78 valence electrons. The van der Waals surface area contributed by atoms with Crippen LogP contribution in [0.2, 0.25) is 0 Å². The maximum absolute atomic E-state index is 3.87. The first-order valence-corrected chi connectivity index (χ1v) is 6.28. The van der Waals surface area contributed by atoms with Gasteiger partial charge in [0.1, 0.15) is 0 Å². The molecule has 0 aromatic rings. The summed E-state index contributed by atoms with van der Waals surface area (Å²) in [5, 5.41) is 0. The Morgan fingerprint density at radius 1 is 1.50 bits per heavy atom. The minimum absolute atomic E-state index is 0.786. The number of allylic oxidation sites excluding steroid dienone is 4. The van der Waals surface area contributed by atoms with Gasteiger partial charge in [-0.05, 0) is 30.8 Å². The van der Waals surface area contributed by atoms with E-state index in [-0.39, 0.29) is 0 Å². The van der Waals surface area contributed by atoms with Crippen molar-refractivity contribution in [2.75, 3.05) is 5.75 Å². The summed E-state index contributed by atoms with van der Waals surface area (Å²) in [4.78, 5) is 1.38. The molecular weight excluding hydrogens is 188 g/mol. The molecule has 0 spiro atoms. The summed E-state index contributed by atoms with van der Waals surface area (Å²) < 4.78 is 0. The summed E-state index contributed by atoms with van der Waals surface area (Å²) in [6.07, 6.45) is 7.58. The van der Waals surface area contributed by atoms with Crippen molar-refractivity contribution in [2.45, 2.75) is 27.2 Å². The van der Waals surface area contributed by atoms with Crippen LogP contribution in [-0.4, -0.2) is 5.75 Å². The number of thioether (sulfide) groups is 1. The summed E-state index contributed by atoms with van der Waals surface area (Å²) >= 11 is 1.96. The van der Waals surface area contributed by atoms with Crippen molar-refractivity contribution < 1.29 is 0 Å². The van der Waals surface area contributed by atoms with Crippen LogP contribution in [0.1, 0.15) is 27.2 Å². The second kappa shape index (κ2) is 5.45. The van der Waals surface area contributed by atoms with Crippen LogP contribution in [0, 0.1) is 11.8 Å². The highest BCUT2D eigenvalue weighted by atomic mass is 32.2. The maximum Gasteiger partial charge on any atom is 0.00982 e. The van der Waals surface area contributed by atoms with Crippen molar-refractivity contribution in [3.05, 3.63) is 35.3 Å². The molecule has 0 aromatic heterocycles. The van der Waals surface area contributed by atoms with Gasteiger partial charge in [0.15, 0.2) is 0 Å². The van der Waals surface area contributed by atoms with Crippen molar-refractivity contribution in [1.82, 2.24) is 0 Å². The molecule has 1 atom stereocenters. The Kier molecular flexibility index (Phi) is 4.53. The van der Waals surface area contributed by atoms with Gasteiger partial charge in [-0.15, -0.1) is 11.8 Å². The number of hydrogen-bond donors (Lipinski definition) is 0. The largest absolute Gasteiger partial charge is 0.126 e. The summed E-state index contributed by atoms with van der Waals surface area (Å²) in [5.74, 6) is 2.86. The van der Waals surface area contributed by atoms with E-state index < -0.39 is 0 Å². The van der Waals surface area contributed by atoms with Gasteiger partial charge in [-0.2, -0.15) is 0 Å². The normalized spacial score (nSPS) is 23.6. The smallest absolute Gasteiger partial charge is 0.00982 e. The fourth-order valence-corrected chi connectivity index (χ4v) is 3.05. The molecule has 1 aliphatic heterocycles. The lowest BCUT2D eigenvalue weighted by molar-refractivity contribution is 0.423. The van der Waals surface area contributed by atoms with Gasteiger partial charge in [-0.3, -0.25) is 0 Å². The van der Waals surface area contributed by atoms with Gasteiger partial charge in [0, 0.05) is 10.7 Å². The van der Waals surface area contributed by atoms with Crippen LogP contribution in [0.4, 0.5) is 0 Å². The number of hydrogen-bond acceptors (Lipinski definition) is 1. The molecular formula is C13H20S. The topological polar surface area (TPSA) is 0 Å². The molecule has 0 radical (unpaired) electrons. The SMILES string of the molecule is C=CC1=C(/C=C\C)CC(C(C)C)CS1. The summed E-state index contributed by atoms with van der Waals surface area (Å²) in [5.41, 5.74) is 1.47. The zero-order valence-electron chi connectivity index (χ0n) is 9.42. The van der Waals surface area contributed by atoms with Gasteiger partial charge in [0.05, 0.1) is 0 Å². The van der Waals surface area contributed by atoms with Crippen LogP contribution < -0.4 is 0 Å². The molecule has 0 nitrogen and oxygen atoms in total. The minimum Gasteiger partial charge on any atom is -0.126 e. The Balaban J connectivity index is 2.81. The Morgan fingerprint density at radius 2 is 2.21 bits per heavy atom. The van der Waals surface area contributed by atoms with Crippen molar-refractivity contribution >= 4 is 11.8 Å². The molecule has 1 heteroatoms. The third-order valence-electron chi connectivity index (χ3n) is 2.75. The van der Waals surface area contributed by atoms with Crippen LogP contribution in [0.25, 0.3) is 0 Å². The van der Waals surface area contributed by atoms with E-state index in [4.69, 9.17) is 0 Å². The highest BCUT2D eigenvalue weighted by Crippen LogP contribution is 2.37. The third-order valence-corrected chi connectivity index (χ3v) is 4.08. The van der Waals surface area contributed by atoms with E-state index in [1.807, 2.05) is 17.8 Å². The molecule has 0 saturated carbocycles. The van der Waals surface area contributed by atoms with E-state index in [1.165, 1.54) is 22.7 Å². The Bertz CT molecular complexity index is 258. The summed E-state index contributed by atoms with van der Waals surface area (Å²) in [7, 11) is 0. The lowest BCUT2D eigenvalue weighted by Crippen LogP contribution is -2.16. The Labute approximate surface area is 92.2 Å². The van der Waals surface area contributed by atoms with Crippen LogP contribution in [0.5, 0.6) is 0 Å². The number of rotatable bonds is 3. The van der Waals surface area contributed by atoms with Crippen molar-refractivity contribution in [3.63, 3.8) is 0 Å². The van der Waals surface area contributed by atoms with Gasteiger partial charge in [0.25, 0.3) is 0 Å². The van der Waals surface area contributed by atoms with Gasteiger partial charge in [-0.25, -0.2) is 0 Å². The maximum atomic E-state index is 3.87. The summed E-state index contributed by atoms with van der Waals surface area (Å²) in [6, 6.07) is 0. The fraction of sp³-hybridized carbons (Fsp3) is 0.538. The van der Waals surface area contributed by atoms with Crippen LogP contribution >= 0.6 is 11.8 Å². The highest BCUT2D eigenvalue weighted by Gasteiger charge is 2.21. The molecule has 0 amide bonds. The first-order valence-electron chi connectivity index (χ1n) is 5.30. The molecule has 0 fully saturated rings. The fourth-order valence-electron chi connectivity index (χ4n) is 1.70. The first kappa shape index (κ1) is 11.6. The molecule has 0 bridgehead atoms. The third kappa shape index (κ3) is 2.78. The highest BCUT2D eigenvalue weighted by molar-refractivity contribution is 8.03. The lowest BCUT2D eigenvalue weighted by Gasteiger charge is -2.27. The molecule has 0 saturated heterocycles. The van der Waals surface area contributed by atoms with Gasteiger partial charge < -0.3 is 0 Å². The Hall–Kier alpha value is -0.430. The molecule has 1 aliphatic rings. The lowest BCUT2D eigenvalue weighted by atomic mass is 9.90. The zero-order valence-corrected chi connectivity index (χ0v) is 10.2. The second-order valence-electron chi connectivity index (χ2n) is 4.11. The van der Waals surface area contributed by atoms with E-state index in [0.717, 1.165) is 11.8 Å². The minimum atomic E-state index is 0.786. The van der Waals surface area contributed by atoms with Crippen LogP contribution in [-0.2, 0) is 0 Å². The van der Waals surface area contributed by atoms with Crippen LogP contribution in [0.3, 0.4) is 0 Å². The average molecular weight is 208 g/mol. The molecule has 1 heterocycles. The average Bonchev–Trinajstić information content (AvgIpc) is 2.18. The molecule has 14 heavy (non-hydrogen) atoms. The predicted molar refractivity (Wildman–Crippen MR) is 67.4 cm³/mol. The van der Waals surface area contributed by atoms with E-state index in [0.29, 0.717) is 0 Å². The molecule has 0 aliphatic carbocycles. The van der Waals surface area contributed by atoms with E-state index in [9.17, 15) is 0 Å². The quantitative estimate of drug-likeness (QED) is 0.662. The van der Waals surface area contributed by atoms with E-state index >= 15 is 0 Å². The molecule has 1 unspecified atom stereocenters. The zero-order chi connectivity index (χ0) is 10.6. The second-order valence-corrected chi connectivity index (χ2v) is 5.17. The standard InChI is InChI=1S/C13H20S/c1-5-7-11-8-12(10(3)4)9-14-13(11)6-2/h5-7,10,12H,2,8-9H2,1,3-4H3/b7-5-. The van der Waals surface area contributed by atoms with E-state index in [2.05, 4.69) is 39.5 Å². The monoisotopic (exact) mass is 208 g/mol. The first-order chi connectivity index (χ1) is 6.69. The van der Waals surface area contributed by atoms with Gasteiger partial charge in [0.2, 0.25) is 0 Å². The van der Waals surface area contributed by atoms with Gasteiger partial charge >= 0.3 is 0 Å². The van der Waals surface area contributed by atoms with Crippen molar-refractivity contribution in [2.24, 2.45) is 11.8 Å². The van der Waals surface area contributed by atoms with Crippen LogP contribution in [0.15, 0.2) is 35.3 Å². The van der Waals surface area contributed by atoms with E-state index in [1.54, 1.807) is 0 Å². The van der Waals surface area contributed by atoms with Crippen molar-refractivity contribution in [1.29, 1.82) is 0 Å². The molecule has 0 aromatic carbocycles.